The highest BCUT2D eigenvalue weighted by Crippen LogP contribution is 2.28. The predicted octanol–water partition coefficient (Wildman–Crippen LogP) is 3.23. The fourth-order valence-electron chi connectivity index (χ4n) is 2.75. The molecule has 0 N–H and O–H groups in total. The number of alkyl halides is 3. The number of hydrogen-bond donors (Lipinski definition) is 0. The lowest BCUT2D eigenvalue weighted by atomic mass is 10.1. The van der Waals surface area contributed by atoms with Crippen molar-refractivity contribution in [1.29, 1.82) is 0 Å². The molecule has 10 heteroatoms. The number of benzene rings is 1. The third kappa shape index (κ3) is 4.32. The first-order valence-electron chi connectivity index (χ1n) is 8.08. The lowest BCUT2D eigenvalue weighted by molar-refractivity contribution is -0.141. The minimum Gasteiger partial charge on any atom is -0.497 e. The molecule has 2 aromatic rings. The van der Waals surface area contributed by atoms with E-state index < -0.39 is 11.9 Å². The van der Waals surface area contributed by atoms with Crippen molar-refractivity contribution in [3.05, 3.63) is 46.1 Å². The average Bonchev–Trinajstić information content (AvgIpc) is 2.67. The predicted molar refractivity (Wildman–Crippen MR) is 95.8 cm³/mol. The summed E-state index contributed by atoms with van der Waals surface area (Å²) in [5.41, 5.74) is -0.528. The maximum absolute atomic E-state index is 12.8. The Bertz CT molecular complexity index is 822. The SMILES string of the molecule is COc1ccc(Br)c(C(=O)N2CCN(c3ccc(C(F)(F)F)nn3)CC2)c1. The second-order valence-corrected chi connectivity index (χ2v) is 6.75. The maximum atomic E-state index is 12.8. The number of rotatable bonds is 3. The molecule has 1 fully saturated rings. The maximum Gasteiger partial charge on any atom is 0.435 e. The normalized spacial score (nSPS) is 15.0. The minimum atomic E-state index is -4.51. The van der Waals surface area contributed by atoms with E-state index in [1.165, 1.54) is 13.2 Å². The topological polar surface area (TPSA) is 58.6 Å². The number of aromatic nitrogens is 2. The van der Waals surface area contributed by atoms with Crippen LogP contribution in [0.5, 0.6) is 5.75 Å². The number of carbonyl (C=O) groups is 1. The van der Waals surface area contributed by atoms with E-state index in [1.54, 1.807) is 28.0 Å². The molecule has 0 radical (unpaired) electrons. The summed E-state index contributed by atoms with van der Waals surface area (Å²) in [6, 6.07) is 7.38. The molecule has 0 bridgehead atoms. The Labute approximate surface area is 162 Å². The van der Waals surface area contributed by atoms with Gasteiger partial charge in [-0.3, -0.25) is 4.79 Å². The number of piperazine rings is 1. The largest absolute Gasteiger partial charge is 0.497 e. The van der Waals surface area contributed by atoms with Crippen molar-refractivity contribution in [1.82, 2.24) is 15.1 Å². The Morgan fingerprint density at radius 3 is 2.37 bits per heavy atom. The molecule has 0 atom stereocenters. The van der Waals surface area contributed by atoms with Gasteiger partial charge in [-0.25, -0.2) is 0 Å². The lowest BCUT2D eigenvalue weighted by Crippen LogP contribution is -2.49. The highest BCUT2D eigenvalue weighted by molar-refractivity contribution is 9.10. The zero-order valence-electron chi connectivity index (χ0n) is 14.3. The lowest BCUT2D eigenvalue weighted by Gasteiger charge is -2.35. The molecule has 6 nitrogen and oxygen atoms in total. The molecular formula is C17H16BrF3N4O2. The first-order valence-corrected chi connectivity index (χ1v) is 8.87. The molecule has 1 aliphatic rings. The second kappa shape index (κ2) is 7.71. The number of methoxy groups -OCH3 is 1. The minimum absolute atomic E-state index is 0.140. The molecule has 1 aliphatic heterocycles. The van der Waals surface area contributed by atoms with E-state index in [0.717, 1.165) is 6.07 Å². The van der Waals surface area contributed by atoms with E-state index in [-0.39, 0.29) is 5.91 Å². The first kappa shape index (κ1) is 19.4. The van der Waals surface area contributed by atoms with Crippen LogP contribution in [0.25, 0.3) is 0 Å². The van der Waals surface area contributed by atoms with Gasteiger partial charge in [-0.1, -0.05) is 0 Å². The summed E-state index contributed by atoms with van der Waals surface area (Å²) < 4.78 is 43.6. The zero-order valence-corrected chi connectivity index (χ0v) is 15.9. The van der Waals surface area contributed by atoms with Crippen LogP contribution < -0.4 is 9.64 Å². The molecular weight excluding hydrogens is 429 g/mol. The fourth-order valence-corrected chi connectivity index (χ4v) is 3.17. The van der Waals surface area contributed by atoms with E-state index in [2.05, 4.69) is 26.1 Å². The van der Waals surface area contributed by atoms with Crippen LogP contribution in [0.4, 0.5) is 19.0 Å². The van der Waals surface area contributed by atoms with Gasteiger partial charge in [0.15, 0.2) is 11.5 Å². The summed E-state index contributed by atoms with van der Waals surface area (Å²) in [5.74, 6) is 0.803. The molecule has 0 saturated carbocycles. The van der Waals surface area contributed by atoms with E-state index in [9.17, 15) is 18.0 Å². The van der Waals surface area contributed by atoms with E-state index in [1.807, 2.05) is 0 Å². The van der Waals surface area contributed by atoms with Crippen molar-refractivity contribution < 1.29 is 22.7 Å². The number of anilines is 1. The summed E-state index contributed by atoms with van der Waals surface area (Å²) in [6.07, 6.45) is -4.51. The van der Waals surface area contributed by atoms with Crippen LogP contribution in [-0.2, 0) is 6.18 Å². The summed E-state index contributed by atoms with van der Waals surface area (Å²) in [7, 11) is 1.53. The van der Waals surface area contributed by atoms with Gasteiger partial charge in [-0.15, -0.1) is 10.2 Å². The van der Waals surface area contributed by atoms with Gasteiger partial charge >= 0.3 is 6.18 Å². The average molecular weight is 445 g/mol. The Morgan fingerprint density at radius 2 is 1.81 bits per heavy atom. The monoisotopic (exact) mass is 444 g/mol. The van der Waals surface area contributed by atoms with Crippen molar-refractivity contribution in [2.75, 3.05) is 38.2 Å². The molecule has 27 heavy (non-hydrogen) atoms. The van der Waals surface area contributed by atoms with Gasteiger partial charge in [-0.2, -0.15) is 13.2 Å². The van der Waals surface area contributed by atoms with Crippen LogP contribution in [0.2, 0.25) is 0 Å². The molecule has 0 unspecified atom stereocenters. The number of halogens is 4. The quantitative estimate of drug-likeness (QED) is 0.727. The molecule has 0 aliphatic carbocycles. The van der Waals surface area contributed by atoms with Crippen LogP contribution in [-0.4, -0.2) is 54.3 Å². The summed E-state index contributed by atoms with van der Waals surface area (Å²) in [5, 5.41) is 6.90. The Balaban J connectivity index is 1.66. The van der Waals surface area contributed by atoms with E-state index >= 15 is 0 Å². The molecule has 144 valence electrons. The van der Waals surface area contributed by atoms with Crippen molar-refractivity contribution in [2.24, 2.45) is 0 Å². The number of carbonyl (C=O) groups excluding carboxylic acids is 1. The van der Waals surface area contributed by atoms with Gasteiger partial charge in [-0.05, 0) is 46.3 Å². The highest BCUT2D eigenvalue weighted by Gasteiger charge is 2.33. The molecule has 1 amide bonds. The Kier molecular flexibility index (Phi) is 5.54. The smallest absolute Gasteiger partial charge is 0.435 e. The van der Waals surface area contributed by atoms with Crippen LogP contribution in [0.1, 0.15) is 16.1 Å². The molecule has 3 rings (SSSR count). The van der Waals surface area contributed by atoms with Gasteiger partial charge in [0, 0.05) is 30.7 Å². The molecule has 1 saturated heterocycles. The Morgan fingerprint density at radius 1 is 1.11 bits per heavy atom. The number of ether oxygens (including phenoxy) is 1. The van der Waals surface area contributed by atoms with Crippen LogP contribution in [0.15, 0.2) is 34.8 Å². The second-order valence-electron chi connectivity index (χ2n) is 5.90. The van der Waals surface area contributed by atoms with Crippen LogP contribution >= 0.6 is 15.9 Å². The Hall–Kier alpha value is -2.36. The number of nitrogens with zero attached hydrogens (tertiary/aromatic N) is 4. The number of hydrogen-bond acceptors (Lipinski definition) is 5. The van der Waals surface area contributed by atoms with Gasteiger partial charge in [0.2, 0.25) is 0 Å². The highest BCUT2D eigenvalue weighted by atomic mass is 79.9. The van der Waals surface area contributed by atoms with Crippen molar-refractivity contribution in [2.45, 2.75) is 6.18 Å². The van der Waals surface area contributed by atoms with E-state index in [4.69, 9.17) is 4.74 Å². The van der Waals surface area contributed by atoms with Gasteiger partial charge in [0.1, 0.15) is 5.75 Å². The molecule has 1 aromatic heterocycles. The van der Waals surface area contributed by atoms with Crippen molar-refractivity contribution in [3.63, 3.8) is 0 Å². The van der Waals surface area contributed by atoms with Crippen LogP contribution in [0, 0.1) is 0 Å². The first-order chi connectivity index (χ1) is 12.8. The van der Waals surface area contributed by atoms with Gasteiger partial charge in [0.25, 0.3) is 5.91 Å². The van der Waals surface area contributed by atoms with Gasteiger partial charge < -0.3 is 14.5 Å². The summed E-state index contributed by atoms with van der Waals surface area (Å²) in [6.45, 7) is 1.75. The standard InChI is InChI=1S/C17H16BrF3N4O2/c1-27-11-2-3-13(18)12(10-11)16(26)25-8-6-24(7-9-25)15-5-4-14(22-23-15)17(19,20)21/h2-5,10H,6-9H2,1H3. The summed E-state index contributed by atoms with van der Waals surface area (Å²) >= 11 is 3.37. The van der Waals surface area contributed by atoms with Crippen LogP contribution in [0.3, 0.4) is 0 Å². The molecule has 2 heterocycles. The molecule has 0 spiro atoms. The third-order valence-corrected chi connectivity index (χ3v) is 4.93. The third-order valence-electron chi connectivity index (χ3n) is 4.24. The van der Waals surface area contributed by atoms with Gasteiger partial charge in [0.05, 0.1) is 12.7 Å². The zero-order chi connectivity index (χ0) is 19.6. The molecule has 1 aromatic carbocycles. The van der Waals surface area contributed by atoms with Crippen molar-refractivity contribution in [3.8, 4) is 5.75 Å². The number of amides is 1. The fraction of sp³-hybridized carbons (Fsp3) is 0.353. The van der Waals surface area contributed by atoms with Crippen molar-refractivity contribution >= 4 is 27.7 Å². The van der Waals surface area contributed by atoms with E-state index in [0.29, 0.717) is 47.8 Å². The summed E-state index contributed by atoms with van der Waals surface area (Å²) in [4.78, 5) is 16.2.